The van der Waals surface area contributed by atoms with Crippen molar-refractivity contribution in [1.29, 1.82) is 0 Å². The molecule has 2 rings (SSSR count). The Morgan fingerprint density at radius 2 is 1.84 bits per heavy atom. The molecule has 100 valence electrons. The van der Waals surface area contributed by atoms with Crippen molar-refractivity contribution < 1.29 is 9.47 Å². The molecular weight excluding hydrogens is 308 g/mol. The first-order valence-electron chi connectivity index (χ1n) is 5.79. The molecule has 0 atom stereocenters. The second kappa shape index (κ2) is 5.57. The number of halogens is 1. The molecule has 0 amide bonds. The van der Waals surface area contributed by atoms with Crippen molar-refractivity contribution in [1.82, 2.24) is 9.97 Å². The molecule has 0 bridgehead atoms. The van der Waals surface area contributed by atoms with Crippen LogP contribution in [0.3, 0.4) is 0 Å². The summed E-state index contributed by atoms with van der Waals surface area (Å²) in [5, 5.41) is 0. The first-order chi connectivity index (χ1) is 9.08. The van der Waals surface area contributed by atoms with Gasteiger partial charge in [0.2, 0.25) is 0 Å². The highest BCUT2D eigenvalue weighted by Crippen LogP contribution is 2.38. The van der Waals surface area contributed by atoms with Crippen LogP contribution in [0.25, 0.3) is 11.3 Å². The summed E-state index contributed by atoms with van der Waals surface area (Å²) in [5.74, 6) is 1.63. The van der Waals surface area contributed by atoms with Crippen LogP contribution in [-0.2, 0) is 0 Å². The smallest absolute Gasteiger partial charge is 0.197 e. The van der Waals surface area contributed by atoms with E-state index >= 15 is 0 Å². The number of methoxy groups -OCH3 is 2. The molecule has 0 N–H and O–H groups in total. The van der Waals surface area contributed by atoms with Crippen LogP contribution in [0.1, 0.15) is 11.1 Å². The van der Waals surface area contributed by atoms with Gasteiger partial charge < -0.3 is 9.47 Å². The molecule has 4 nitrogen and oxygen atoms in total. The Morgan fingerprint density at radius 1 is 1.11 bits per heavy atom. The van der Waals surface area contributed by atoms with Gasteiger partial charge in [-0.25, -0.2) is 9.97 Å². The number of ether oxygens (including phenoxy) is 2. The van der Waals surface area contributed by atoms with E-state index in [4.69, 9.17) is 9.47 Å². The van der Waals surface area contributed by atoms with Crippen molar-refractivity contribution in [2.45, 2.75) is 13.8 Å². The Balaban J connectivity index is 2.71. The largest absolute Gasteiger partial charge is 0.496 e. The van der Waals surface area contributed by atoms with Crippen LogP contribution >= 0.6 is 15.9 Å². The average Bonchev–Trinajstić information content (AvgIpc) is 2.41. The molecule has 0 aliphatic heterocycles. The second-order valence-corrected chi connectivity index (χ2v) is 4.83. The summed E-state index contributed by atoms with van der Waals surface area (Å²) in [6.45, 7) is 4.02. The first kappa shape index (κ1) is 13.8. The lowest BCUT2D eigenvalue weighted by Gasteiger charge is -2.16. The van der Waals surface area contributed by atoms with Crippen LogP contribution < -0.4 is 9.47 Å². The lowest BCUT2D eigenvalue weighted by atomic mass is 10.0. The average molecular weight is 323 g/mol. The maximum Gasteiger partial charge on any atom is 0.197 e. The molecule has 0 saturated carbocycles. The van der Waals surface area contributed by atoms with E-state index in [0.717, 1.165) is 33.9 Å². The Hall–Kier alpha value is -1.62. The minimum atomic E-state index is 0.546. The van der Waals surface area contributed by atoms with Crippen LogP contribution in [0.15, 0.2) is 23.1 Å². The molecule has 1 aromatic carbocycles. The number of rotatable bonds is 3. The number of benzene rings is 1. The van der Waals surface area contributed by atoms with Crippen LogP contribution in [0, 0.1) is 13.8 Å². The van der Waals surface area contributed by atoms with E-state index in [9.17, 15) is 0 Å². The zero-order chi connectivity index (χ0) is 14.0. The van der Waals surface area contributed by atoms with Gasteiger partial charge in [-0.15, -0.1) is 0 Å². The molecule has 2 aromatic rings. The summed E-state index contributed by atoms with van der Waals surface area (Å²) in [6, 6.07) is 3.78. The van der Waals surface area contributed by atoms with E-state index in [1.54, 1.807) is 20.4 Å². The summed E-state index contributed by atoms with van der Waals surface area (Å²) < 4.78 is 11.5. The highest BCUT2D eigenvalue weighted by Gasteiger charge is 2.16. The van der Waals surface area contributed by atoms with Gasteiger partial charge in [0.1, 0.15) is 11.5 Å². The van der Waals surface area contributed by atoms with Crippen molar-refractivity contribution in [2.24, 2.45) is 0 Å². The molecule has 0 saturated heterocycles. The Bertz CT molecular complexity index is 615. The Labute approximate surface area is 120 Å². The van der Waals surface area contributed by atoms with Gasteiger partial charge in [-0.2, -0.15) is 0 Å². The molecule has 5 heteroatoms. The third kappa shape index (κ3) is 2.56. The minimum absolute atomic E-state index is 0.546. The predicted octanol–water partition coefficient (Wildman–Crippen LogP) is 3.54. The predicted molar refractivity (Wildman–Crippen MR) is 77.7 cm³/mol. The van der Waals surface area contributed by atoms with E-state index in [1.807, 2.05) is 26.0 Å². The molecule has 1 aromatic heterocycles. The quantitative estimate of drug-likeness (QED) is 0.811. The Kier molecular flexibility index (Phi) is 4.04. The first-order valence-corrected chi connectivity index (χ1v) is 6.59. The molecule has 0 spiro atoms. The van der Waals surface area contributed by atoms with Crippen LogP contribution in [0.4, 0.5) is 0 Å². The number of nitrogens with zero attached hydrogens (tertiary/aromatic N) is 2. The SMILES string of the molecule is COc1cc(-c2ccnc(Br)n2)c(OC)c(C)c1C. The molecule has 1 heterocycles. The molecular formula is C14H15BrN2O2. The monoisotopic (exact) mass is 322 g/mol. The van der Waals surface area contributed by atoms with Crippen LogP contribution in [0.2, 0.25) is 0 Å². The van der Waals surface area contributed by atoms with Crippen LogP contribution in [0.5, 0.6) is 11.5 Å². The van der Waals surface area contributed by atoms with Gasteiger partial charge in [0, 0.05) is 11.8 Å². The summed E-state index contributed by atoms with van der Waals surface area (Å²) in [6.07, 6.45) is 1.70. The third-order valence-corrected chi connectivity index (χ3v) is 3.50. The summed E-state index contributed by atoms with van der Waals surface area (Å²) in [5.41, 5.74) is 3.80. The van der Waals surface area contributed by atoms with E-state index < -0.39 is 0 Å². The van der Waals surface area contributed by atoms with Crippen molar-refractivity contribution in [3.8, 4) is 22.8 Å². The van der Waals surface area contributed by atoms with Crippen molar-refractivity contribution >= 4 is 15.9 Å². The lowest BCUT2D eigenvalue weighted by molar-refractivity contribution is 0.399. The second-order valence-electron chi connectivity index (χ2n) is 4.12. The molecule has 0 aliphatic carbocycles. The topological polar surface area (TPSA) is 44.2 Å². The van der Waals surface area contributed by atoms with Gasteiger partial charge in [0.25, 0.3) is 0 Å². The highest BCUT2D eigenvalue weighted by atomic mass is 79.9. The van der Waals surface area contributed by atoms with Crippen molar-refractivity contribution in [3.05, 3.63) is 34.2 Å². The molecule has 0 radical (unpaired) electrons. The third-order valence-electron chi connectivity index (χ3n) is 3.12. The lowest BCUT2D eigenvalue weighted by Crippen LogP contribution is -1.99. The maximum atomic E-state index is 5.52. The van der Waals surface area contributed by atoms with Gasteiger partial charge >= 0.3 is 0 Å². The van der Waals surface area contributed by atoms with E-state index in [-0.39, 0.29) is 0 Å². The number of hydrogen-bond donors (Lipinski definition) is 0. The fraction of sp³-hybridized carbons (Fsp3) is 0.286. The van der Waals surface area contributed by atoms with Gasteiger partial charge in [0.15, 0.2) is 4.73 Å². The number of aromatic nitrogens is 2. The zero-order valence-corrected chi connectivity index (χ0v) is 12.9. The fourth-order valence-corrected chi connectivity index (χ4v) is 2.32. The fourth-order valence-electron chi connectivity index (χ4n) is 2.01. The van der Waals surface area contributed by atoms with Gasteiger partial charge in [0.05, 0.1) is 19.9 Å². The molecule has 0 fully saturated rings. The summed E-state index contributed by atoms with van der Waals surface area (Å²) in [4.78, 5) is 8.41. The molecule has 0 unspecified atom stereocenters. The van der Waals surface area contributed by atoms with Crippen LogP contribution in [-0.4, -0.2) is 24.2 Å². The summed E-state index contributed by atoms with van der Waals surface area (Å²) >= 11 is 3.28. The number of hydrogen-bond acceptors (Lipinski definition) is 4. The van der Waals surface area contributed by atoms with Gasteiger partial charge in [-0.05, 0) is 53.0 Å². The summed E-state index contributed by atoms with van der Waals surface area (Å²) in [7, 11) is 3.32. The van der Waals surface area contributed by atoms with E-state index in [1.165, 1.54) is 0 Å². The van der Waals surface area contributed by atoms with E-state index in [2.05, 4.69) is 25.9 Å². The normalized spacial score (nSPS) is 10.4. The zero-order valence-electron chi connectivity index (χ0n) is 11.3. The van der Waals surface area contributed by atoms with Crippen molar-refractivity contribution in [2.75, 3.05) is 14.2 Å². The highest BCUT2D eigenvalue weighted by molar-refractivity contribution is 9.10. The molecule has 19 heavy (non-hydrogen) atoms. The van der Waals surface area contributed by atoms with Gasteiger partial charge in [-0.1, -0.05) is 0 Å². The van der Waals surface area contributed by atoms with Gasteiger partial charge in [-0.3, -0.25) is 0 Å². The maximum absolute atomic E-state index is 5.52. The minimum Gasteiger partial charge on any atom is -0.496 e. The molecule has 0 aliphatic rings. The van der Waals surface area contributed by atoms with Crippen molar-refractivity contribution in [3.63, 3.8) is 0 Å². The standard InChI is InChI=1S/C14H15BrN2O2/c1-8-9(2)13(19-4)10(7-12(8)18-3)11-5-6-16-14(15)17-11/h5-7H,1-4H3. The Morgan fingerprint density at radius 3 is 2.42 bits per heavy atom. The van der Waals surface area contributed by atoms with E-state index in [0.29, 0.717) is 4.73 Å².